The number of aliphatic hydroxyl groups is 2. The summed E-state index contributed by atoms with van der Waals surface area (Å²) >= 11 is 0. The van der Waals surface area contributed by atoms with Crippen LogP contribution >= 0.6 is 0 Å². The van der Waals surface area contributed by atoms with Crippen molar-refractivity contribution < 1.29 is 19.7 Å². The lowest BCUT2D eigenvalue weighted by Crippen LogP contribution is -2.26. The second kappa shape index (κ2) is 7.06. The number of carbonyl (C=O) groups is 1. The molecule has 72 valence electrons. The Labute approximate surface area is 72.2 Å². The van der Waals surface area contributed by atoms with Crippen LogP contribution in [0, 0.1) is 0 Å². The van der Waals surface area contributed by atoms with E-state index in [9.17, 15) is 4.79 Å². The third-order valence-corrected chi connectivity index (χ3v) is 1.44. The molecule has 1 atom stereocenters. The second-order valence-corrected chi connectivity index (χ2v) is 2.57. The standard InChI is InChI=1S/C8H16O4/c1-2-3-4-5-12-8(11)7(10)6-9/h7,9-10H,2-6H2,1H3. The van der Waals surface area contributed by atoms with Gasteiger partial charge in [-0.3, -0.25) is 0 Å². The highest BCUT2D eigenvalue weighted by molar-refractivity contribution is 5.74. The minimum atomic E-state index is -1.38. The van der Waals surface area contributed by atoms with E-state index < -0.39 is 18.7 Å². The molecule has 12 heavy (non-hydrogen) atoms. The zero-order chi connectivity index (χ0) is 9.40. The van der Waals surface area contributed by atoms with Crippen LogP contribution in [-0.2, 0) is 9.53 Å². The Hall–Kier alpha value is -0.610. The predicted octanol–water partition coefficient (Wildman–Crippen LogP) is 0.0730. The molecule has 2 N–H and O–H groups in total. The number of ether oxygens (including phenoxy) is 1. The van der Waals surface area contributed by atoms with Gasteiger partial charge in [0.05, 0.1) is 13.2 Å². The van der Waals surface area contributed by atoms with Gasteiger partial charge in [0.25, 0.3) is 0 Å². The van der Waals surface area contributed by atoms with Crippen LogP contribution in [0.2, 0.25) is 0 Å². The lowest BCUT2D eigenvalue weighted by atomic mass is 10.3. The second-order valence-electron chi connectivity index (χ2n) is 2.57. The summed E-state index contributed by atoms with van der Waals surface area (Å²) in [5.74, 6) is -0.742. The Morgan fingerprint density at radius 1 is 1.50 bits per heavy atom. The summed E-state index contributed by atoms with van der Waals surface area (Å²) in [6.45, 7) is 1.79. The maximum atomic E-state index is 10.7. The number of hydrogen-bond donors (Lipinski definition) is 2. The lowest BCUT2D eigenvalue weighted by Gasteiger charge is -2.07. The first-order valence-electron chi connectivity index (χ1n) is 4.18. The van der Waals surface area contributed by atoms with Gasteiger partial charge in [0.15, 0.2) is 6.10 Å². The van der Waals surface area contributed by atoms with Crippen molar-refractivity contribution in [2.75, 3.05) is 13.2 Å². The van der Waals surface area contributed by atoms with Crippen LogP contribution in [-0.4, -0.2) is 35.5 Å². The Bertz CT molecular complexity index is 124. The summed E-state index contributed by atoms with van der Waals surface area (Å²) in [7, 11) is 0. The molecule has 0 aliphatic carbocycles. The first kappa shape index (κ1) is 11.4. The Balaban J connectivity index is 3.31. The van der Waals surface area contributed by atoms with Gasteiger partial charge in [-0.05, 0) is 6.42 Å². The van der Waals surface area contributed by atoms with E-state index in [2.05, 4.69) is 4.74 Å². The molecule has 4 heteroatoms. The maximum Gasteiger partial charge on any atom is 0.337 e. The minimum Gasteiger partial charge on any atom is -0.464 e. The molecule has 0 aliphatic heterocycles. The average Bonchev–Trinajstić information content (AvgIpc) is 2.10. The van der Waals surface area contributed by atoms with Gasteiger partial charge in [0.1, 0.15) is 0 Å². The zero-order valence-electron chi connectivity index (χ0n) is 7.32. The topological polar surface area (TPSA) is 66.8 Å². The van der Waals surface area contributed by atoms with Crippen molar-refractivity contribution >= 4 is 5.97 Å². The Morgan fingerprint density at radius 3 is 2.67 bits per heavy atom. The van der Waals surface area contributed by atoms with Crippen LogP contribution in [0.4, 0.5) is 0 Å². The van der Waals surface area contributed by atoms with E-state index in [0.717, 1.165) is 19.3 Å². The SMILES string of the molecule is CCCCCOC(=O)C(O)CO. The molecule has 0 aromatic heterocycles. The van der Waals surface area contributed by atoms with Gasteiger partial charge in [0.2, 0.25) is 0 Å². The van der Waals surface area contributed by atoms with E-state index in [-0.39, 0.29) is 0 Å². The van der Waals surface area contributed by atoms with Gasteiger partial charge in [0, 0.05) is 0 Å². The summed E-state index contributed by atoms with van der Waals surface area (Å²) in [5, 5.41) is 17.1. The summed E-state index contributed by atoms with van der Waals surface area (Å²) in [6, 6.07) is 0. The molecule has 0 saturated carbocycles. The monoisotopic (exact) mass is 176 g/mol. The third-order valence-electron chi connectivity index (χ3n) is 1.44. The van der Waals surface area contributed by atoms with Crippen LogP contribution in [0.25, 0.3) is 0 Å². The number of rotatable bonds is 6. The molecular formula is C8H16O4. The molecular weight excluding hydrogens is 160 g/mol. The van der Waals surface area contributed by atoms with Crippen LogP contribution in [0.3, 0.4) is 0 Å². The van der Waals surface area contributed by atoms with Crippen molar-refractivity contribution in [1.82, 2.24) is 0 Å². The highest BCUT2D eigenvalue weighted by atomic mass is 16.5. The van der Waals surface area contributed by atoms with Gasteiger partial charge in [-0.15, -0.1) is 0 Å². The predicted molar refractivity (Wildman–Crippen MR) is 43.6 cm³/mol. The summed E-state index contributed by atoms with van der Waals surface area (Å²) in [5.41, 5.74) is 0. The van der Waals surface area contributed by atoms with E-state index in [4.69, 9.17) is 10.2 Å². The molecule has 0 radical (unpaired) electrons. The first-order valence-corrected chi connectivity index (χ1v) is 4.18. The van der Waals surface area contributed by atoms with Crippen molar-refractivity contribution in [3.63, 3.8) is 0 Å². The molecule has 1 unspecified atom stereocenters. The minimum absolute atomic E-state index is 0.323. The number of aliphatic hydroxyl groups excluding tert-OH is 2. The van der Waals surface area contributed by atoms with Gasteiger partial charge < -0.3 is 14.9 Å². The van der Waals surface area contributed by atoms with E-state index in [0.29, 0.717) is 6.61 Å². The number of hydrogen-bond acceptors (Lipinski definition) is 4. The van der Waals surface area contributed by atoms with Crippen molar-refractivity contribution in [2.45, 2.75) is 32.3 Å². The van der Waals surface area contributed by atoms with Crippen molar-refractivity contribution in [2.24, 2.45) is 0 Å². The van der Waals surface area contributed by atoms with Crippen LogP contribution in [0.1, 0.15) is 26.2 Å². The molecule has 0 aromatic rings. The van der Waals surface area contributed by atoms with Crippen molar-refractivity contribution in [3.05, 3.63) is 0 Å². The normalized spacial score (nSPS) is 12.6. The molecule has 0 rings (SSSR count). The van der Waals surface area contributed by atoms with Gasteiger partial charge in [-0.25, -0.2) is 4.79 Å². The Kier molecular flexibility index (Phi) is 6.70. The van der Waals surface area contributed by atoms with E-state index in [1.807, 2.05) is 6.92 Å². The van der Waals surface area contributed by atoms with Crippen LogP contribution in [0.5, 0.6) is 0 Å². The smallest absolute Gasteiger partial charge is 0.337 e. The number of carbonyl (C=O) groups excluding carboxylic acids is 1. The Morgan fingerprint density at radius 2 is 2.17 bits per heavy atom. The molecule has 4 nitrogen and oxygen atoms in total. The summed E-state index contributed by atoms with van der Waals surface area (Å²) < 4.78 is 4.65. The fraction of sp³-hybridized carbons (Fsp3) is 0.875. The summed E-state index contributed by atoms with van der Waals surface area (Å²) in [4.78, 5) is 10.7. The van der Waals surface area contributed by atoms with E-state index in [1.54, 1.807) is 0 Å². The number of esters is 1. The maximum absolute atomic E-state index is 10.7. The van der Waals surface area contributed by atoms with Crippen molar-refractivity contribution in [3.8, 4) is 0 Å². The van der Waals surface area contributed by atoms with E-state index in [1.165, 1.54) is 0 Å². The van der Waals surface area contributed by atoms with E-state index >= 15 is 0 Å². The lowest BCUT2D eigenvalue weighted by molar-refractivity contribution is -0.155. The largest absolute Gasteiger partial charge is 0.464 e. The van der Waals surface area contributed by atoms with Crippen molar-refractivity contribution in [1.29, 1.82) is 0 Å². The molecule has 0 aromatic carbocycles. The third kappa shape index (κ3) is 5.09. The van der Waals surface area contributed by atoms with Crippen LogP contribution < -0.4 is 0 Å². The fourth-order valence-electron chi connectivity index (χ4n) is 0.696. The molecule has 0 saturated heterocycles. The molecule has 0 fully saturated rings. The molecule has 0 heterocycles. The average molecular weight is 176 g/mol. The molecule has 0 amide bonds. The summed E-state index contributed by atoms with van der Waals surface area (Å²) in [6.07, 6.45) is 1.48. The fourth-order valence-corrected chi connectivity index (χ4v) is 0.696. The molecule has 0 spiro atoms. The van der Waals surface area contributed by atoms with Crippen LogP contribution in [0.15, 0.2) is 0 Å². The highest BCUT2D eigenvalue weighted by Crippen LogP contribution is 1.95. The molecule has 0 aliphatic rings. The molecule has 0 bridgehead atoms. The first-order chi connectivity index (χ1) is 5.72. The quantitative estimate of drug-likeness (QED) is 0.444. The van der Waals surface area contributed by atoms with Gasteiger partial charge in [-0.1, -0.05) is 19.8 Å². The highest BCUT2D eigenvalue weighted by Gasteiger charge is 2.14. The van der Waals surface area contributed by atoms with Gasteiger partial charge in [-0.2, -0.15) is 0 Å². The zero-order valence-corrected chi connectivity index (χ0v) is 7.32. The number of unbranched alkanes of at least 4 members (excludes halogenated alkanes) is 2. The van der Waals surface area contributed by atoms with Gasteiger partial charge >= 0.3 is 5.97 Å².